The van der Waals surface area contributed by atoms with E-state index >= 15 is 0 Å². The molecule has 1 aliphatic carbocycles. The first-order valence-electron chi connectivity index (χ1n) is 6.33. The Kier molecular flexibility index (Phi) is 5.24. The minimum atomic E-state index is -0.422. The Morgan fingerprint density at radius 3 is 2.32 bits per heavy atom. The molecule has 0 aromatic carbocycles. The smallest absolute Gasteiger partial charge is 0.224 e. The van der Waals surface area contributed by atoms with E-state index < -0.39 is 6.61 Å². The summed E-state index contributed by atoms with van der Waals surface area (Å²) in [5.74, 6) is -0.470. The fraction of sp³-hybridized carbons (Fsp3) is 0.467. The minimum Gasteiger partial charge on any atom is -0.489 e. The zero-order valence-corrected chi connectivity index (χ0v) is 11.9. The average molecular weight is 264 g/mol. The summed E-state index contributed by atoms with van der Waals surface area (Å²) in [5.41, 5.74) is 1.84. The highest BCUT2D eigenvalue weighted by Crippen LogP contribution is 2.27. The van der Waals surface area contributed by atoms with Crippen LogP contribution < -0.4 is 0 Å². The van der Waals surface area contributed by atoms with Crippen LogP contribution >= 0.6 is 0 Å². The van der Waals surface area contributed by atoms with E-state index in [1.165, 1.54) is 0 Å². The van der Waals surface area contributed by atoms with Crippen molar-refractivity contribution in [3.8, 4) is 0 Å². The Morgan fingerprint density at radius 1 is 1.21 bits per heavy atom. The van der Waals surface area contributed by atoms with Crippen molar-refractivity contribution in [2.24, 2.45) is 0 Å². The molecule has 0 atom stereocenters. The first kappa shape index (κ1) is 15.4. The van der Waals surface area contributed by atoms with Gasteiger partial charge in [-0.2, -0.15) is 0 Å². The number of carbonyl (C=O) groups excluding carboxylic acids is 2. The molecule has 0 bridgehead atoms. The van der Waals surface area contributed by atoms with Gasteiger partial charge in [-0.1, -0.05) is 11.6 Å². The normalized spacial score (nSPS) is 16.1. The molecule has 0 aliphatic heterocycles. The summed E-state index contributed by atoms with van der Waals surface area (Å²) >= 11 is 0. The van der Waals surface area contributed by atoms with Gasteiger partial charge >= 0.3 is 0 Å². The monoisotopic (exact) mass is 264 g/mol. The molecule has 19 heavy (non-hydrogen) atoms. The Labute approximate surface area is 113 Å². The molecule has 1 aliphatic rings. The van der Waals surface area contributed by atoms with Gasteiger partial charge in [-0.15, -0.1) is 0 Å². The number of rotatable bonds is 5. The molecular weight excluding hydrogens is 244 g/mol. The Morgan fingerprint density at radius 2 is 1.84 bits per heavy atom. The van der Waals surface area contributed by atoms with Gasteiger partial charge in [0.2, 0.25) is 5.78 Å². The van der Waals surface area contributed by atoms with E-state index in [9.17, 15) is 14.7 Å². The van der Waals surface area contributed by atoms with Gasteiger partial charge in [0.25, 0.3) is 0 Å². The third-order valence-corrected chi connectivity index (χ3v) is 2.98. The van der Waals surface area contributed by atoms with Crippen LogP contribution in [0.1, 0.15) is 34.1 Å². The van der Waals surface area contributed by atoms with Crippen molar-refractivity contribution < 1.29 is 19.4 Å². The quantitative estimate of drug-likeness (QED) is 0.610. The van der Waals surface area contributed by atoms with Crippen molar-refractivity contribution in [2.45, 2.75) is 34.1 Å². The highest BCUT2D eigenvalue weighted by molar-refractivity contribution is 6.24. The maximum absolute atomic E-state index is 12.3. The summed E-state index contributed by atoms with van der Waals surface area (Å²) < 4.78 is 5.34. The number of aliphatic hydroxyl groups is 1. The fourth-order valence-corrected chi connectivity index (χ4v) is 1.88. The summed E-state index contributed by atoms with van der Waals surface area (Å²) in [6.07, 6.45) is 2.22. The third-order valence-electron chi connectivity index (χ3n) is 2.98. The molecule has 0 radical (unpaired) electrons. The molecule has 1 N–H and O–H groups in total. The summed E-state index contributed by atoms with van der Waals surface area (Å²) in [5, 5.41) is 9.25. The van der Waals surface area contributed by atoms with E-state index in [4.69, 9.17) is 4.74 Å². The average Bonchev–Trinajstić information content (AvgIpc) is 2.36. The SMILES string of the molecule is CCOC1=C(CC=C(C)C)C(=O)C(CO)=C(C)C1=O. The lowest BCUT2D eigenvalue weighted by Gasteiger charge is -2.20. The van der Waals surface area contributed by atoms with Crippen LogP contribution in [0, 0.1) is 0 Å². The molecule has 0 unspecified atom stereocenters. The molecule has 0 saturated heterocycles. The van der Waals surface area contributed by atoms with Crippen LogP contribution in [0.5, 0.6) is 0 Å². The lowest BCUT2D eigenvalue weighted by molar-refractivity contribution is -0.119. The van der Waals surface area contributed by atoms with Crippen molar-refractivity contribution in [3.63, 3.8) is 0 Å². The van der Waals surface area contributed by atoms with Crippen LogP contribution in [-0.2, 0) is 14.3 Å². The van der Waals surface area contributed by atoms with E-state index in [1.54, 1.807) is 13.8 Å². The van der Waals surface area contributed by atoms with Gasteiger partial charge in [-0.3, -0.25) is 9.59 Å². The van der Waals surface area contributed by atoms with Crippen LogP contribution in [-0.4, -0.2) is 29.9 Å². The first-order valence-corrected chi connectivity index (χ1v) is 6.33. The van der Waals surface area contributed by atoms with Crippen molar-refractivity contribution in [1.29, 1.82) is 0 Å². The Balaban J connectivity index is 3.27. The predicted octanol–water partition coefficient (Wildman–Crippen LogP) is 2.09. The lowest BCUT2D eigenvalue weighted by atomic mass is 9.87. The van der Waals surface area contributed by atoms with Crippen molar-refractivity contribution >= 4 is 11.6 Å². The second-order valence-electron chi connectivity index (χ2n) is 4.65. The van der Waals surface area contributed by atoms with Gasteiger partial charge in [-0.05, 0) is 34.1 Å². The van der Waals surface area contributed by atoms with Gasteiger partial charge in [0.15, 0.2) is 11.5 Å². The van der Waals surface area contributed by atoms with Gasteiger partial charge < -0.3 is 9.84 Å². The number of allylic oxidation sites excluding steroid dienone is 4. The van der Waals surface area contributed by atoms with E-state index in [-0.39, 0.29) is 28.5 Å². The number of ether oxygens (including phenoxy) is 1. The number of hydrogen-bond donors (Lipinski definition) is 1. The van der Waals surface area contributed by atoms with Crippen LogP contribution in [0.3, 0.4) is 0 Å². The van der Waals surface area contributed by atoms with Crippen LogP contribution in [0.4, 0.5) is 0 Å². The summed E-state index contributed by atoms with van der Waals surface area (Å²) in [7, 11) is 0. The molecule has 0 amide bonds. The third kappa shape index (κ3) is 3.20. The molecule has 0 aromatic heterocycles. The molecule has 4 heteroatoms. The highest BCUT2D eigenvalue weighted by atomic mass is 16.5. The molecule has 0 saturated carbocycles. The summed E-state index contributed by atoms with van der Waals surface area (Å²) in [4.78, 5) is 24.4. The Bertz CT molecular complexity index is 488. The molecule has 0 fully saturated rings. The van der Waals surface area contributed by atoms with Crippen LogP contribution in [0.2, 0.25) is 0 Å². The minimum absolute atomic E-state index is 0.125. The molecule has 0 aromatic rings. The van der Waals surface area contributed by atoms with Crippen LogP contribution in [0.15, 0.2) is 34.1 Å². The number of aliphatic hydroxyl groups excluding tert-OH is 1. The predicted molar refractivity (Wildman–Crippen MR) is 72.5 cm³/mol. The molecular formula is C15H20O4. The van der Waals surface area contributed by atoms with Gasteiger partial charge in [-0.25, -0.2) is 0 Å². The number of Topliss-reactive ketones (excluding diaryl/α,β-unsaturated/α-hetero) is 2. The lowest BCUT2D eigenvalue weighted by Crippen LogP contribution is -2.26. The standard InChI is InChI=1S/C15H20O4/c1-5-19-15-11(7-6-9(2)3)14(18)12(8-16)10(4)13(15)17/h6,16H,5,7-8H2,1-4H3. The zero-order chi connectivity index (χ0) is 14.6. The van der Waals surface area contributed by atoms with Gasteiger partial charge in [0, 0.05) is 16.7 Å². The van der Waals surface area contributed by atoms with E-state index in [2.05, 4.69) is 0 Å². The molecule has 0 spiro atoms. The number of carbonyl (C=O) groups is 2. The van der Waals surface area contributed by atoms with E-state index in [0.717, 1.165) is 5.57 Å². The van der Waals surface area contributed by atoms with E-state index in [0.29, 0.717) is 18.6 Å². The maximum Gasteiger partial charge on any atom is 0.224 e. The summed E-state index contributed by atoms with van der Waals surface area (Å²) in [6.45, 7) is 7.06. The van der Waals surface area contributed by atoms with Gasteiger partial charge in [0.1, 0.15) is 0 Å². The Hall–Kier alpha value is -1.68. The van der Waals surface area contributed by atoms with Crippen LogP contribution in [0.25, 0.3) is 0 Å². The number of ketones is 2. The molecule has 104 valence electrons. The topological polar surface area (TPSA) is 63.6 Å². The van der Waals surface area contributed by atoms with E-state index in [1.807, 2.05) is 19.9 Å². The second kappa shape index (κ2) is 6.48. The molecule has 1 rings (SSSR count). The maximum atomic E-state index is 12.3. The zero-order valence-electron chi connectivity index (χ0n) is 11.9. The fourth-order valence-electron chi connectivity index (χ4n) is 1.88. The number of hydrogen-bond acceptors (Lipinski definition) is 4. The van der Waals surface area contributed by atoms with Crippen molar-refractivity contribution in [2.75, 3.05) is 13.2 Å². The largest absolute Gasteiger partial charge is 0.489 e. The molecule has 0 heterocycles. The highest BCUT2D eigenvalue weighted by Gasteiger charge is 2.32. The van der Waals surface area contributed by atoms with Gasteiger partial charge in [0.05, 0.1) is 13.2 Å². The first-order chi connectivity index (χ1) is 8.93. The molecule has 4 nitrogen and oxygen atoms in total. The second-order valence-corrected chi connectivity index (χ2v) is 4.65. The summed E-state index contributed by atoms with van der Waals surface area (Å²) in [6, 6.07) is 0. The van der Waals surface area contributed by atoms with Crippen molar-refractivity contribution in [3.05, 3.63) is 34.1 Å². The van der Waals surface area contributed by atoms with Crippen molar-refractivity contribution in [1.82, 2.24) is 0 Å².